The van der Waals surface area contributed by atoms with Crippen molar-refractivity contribution in [1.29, 1.82) is 0 Å². The van der Waals surface area contributed by atoms with Crippen molar-refractivity contribution in [1.82, 2.24) is 19.9 Å². The zero-order valence-electron chi connectivity index (χ0n) is 16.6. The number of nitrogens with one attached hydrogen (secondary N) is 1. The maximum atomic E-state index is 13.0. The van der Waals surface area contributed by atoms with Crippen LogP contribution in [-0.4, -0.2) is 51.6 Å². The first-order valence-electron chi connectivity index (χ1n) is 10.5. The standard InChI is InChI=1S/C22H24FN5OS/c23-17-11-28(12-17)10-14-1-3-15(4-2-14)22(29)27-21-7-19-16(8-25-21)5-6-18(26-19)20-9-24-13-30-20/h5-9,13-15,17H,1-4,10-12H2,(H,25,27,29). The zero-order chi connectivity index (χ0) is 20.5. The van der Waals surface area contributed by atoms with Gasteiger partial charge in [0, 0.05) is 49.4 Å². The van der Waals surface area contributed by atoms with E-state index < -0.39 is 6.17 Å². The third-order valence-electron chi connectivity index (χ3n) is 6.16. The fraction of sp³-hybridized carbons (Fsp3) is 0.455. The van der Waals surface area contributed by atoms with Crippen LogP contribution >= 0.6 is 11.3 Å². The van der Waals surface area contributed by atoms with Gasteiger partial charge in [0.1, 0.15) is 12.0 Å². The average molecular weight is 426 g/mol. The third-order valence-corrected chi connectivity index (χ3v) is 6.95. The molecule has 8 heteroatoms. The maximum Gasteiger partial charge on any atom is 0.228 e. The molecule has 1 N–H and O–H groups in total. The number of anilines is 1. The van der Waals surface area contributed by atoms with Crippen LogP contribution in [-0.2, 0) is 4.79 Å². The quantitative estimate of drug-likeness (QED) is 0.665. The molecule has 5 rings (SSSR count). The Bertz CT molecular complexity index is 1030. The molecule has 1 saturated carbocycles. The van der Waals surface area contributed by atoms with E-state index in [4.69, 9.17) is 4.98 Å². The van der Waals surface area contributed by atoms with Crippen LogP contribution in [0, 0.1) is 11.8 Å². The van der Waals surface area contributed by atoms with E-state index in [1.165, 1.54) is 0 Å². The Kier molecular flexibility index (Phi) is 5.43. The van der Waals surface area contributed by atoms with E-state index in [1.807, 2.05) is 18.2 Å². The topological polar surface area (TPSA) is 71.0 Å². The van der Waals surface area contributed by atoms with Crippen LogP contribution in [0.25, 0.3) is 21.5 Å². The van der Waals surface area contributed by atoms with E-state index in [2.05, 4.69) is 20.2 Å². The molecule has 1 amide bonds. The number of hydrogen-bond donors (Lipinski definition) is 1. The van der Waals surface area contributed by atoms with Gasteiger partial charge in [-0.05, 0) is 43.7 Å². The molecule has 0 atom stereocenters. The zero-order valence-corrected chi connectivity index (χ0v) is 17.4. The highest BCUT2D eigenvalue weighted by Crippen LogP contribution is 2.31. The van der Waals surface area contributed by atoms with Crippen LogP contribution in [0.2, 0.25) is 0 Å². The number of thiazole rings is 1. The fourth-order valence-corrected chi connectivity index (χ4v) is 5.01. The predicted octanol–water partition coefficient (Wildman–Crippen LogP) is 4.15. The summed E-state index contributed by atoms with van der Waals surface area (Å²) >= 11 is 1.55. The number of amides is 1. The van der Waals surface area contributed by atoms with Crippen LogP contribution < -0.4 is 5.32 Å². The van der Waals surface area contributed by atoms with Gasteiger partial charge in [0.25, 0.3) is 0 Å². The van der Waals surface area contributed by atoms with E-state index in [0.717, 1.165) is 53.7 Å². The summed E-state index contributed by atoms with van der Waals surface area (Å²) in [5, 5.41) is 3.92. The van der Waals surface area contributed by atoms with Gasteiger partial charge < -0.3 is 5.32 Å². The lowest BCUT2D eigenvalue weighted by Crippen LogP contribution is -2.50. The Balaban J connectivity index is 1.20. The highest BCUT2D eigenvalue weighted by Gasteiger charge is 2.31. The summed E-state index contributed by atoms with van der Waals surface area (Å²) in [6.45, 7) is 2.12. The normalized spacial score (nSPS) is 22.7. The molecule has 3 aromatic heterocycles. The Morgan fingerprint density at radius 1 is 1.20 bits per heavy atom. The summed E-state index contributed by atoms with van der Waals surface area (Å²) in [6.07, 6.45) is 6.71. The summed E-state index contributed by atoms with van der Waals surface area (Å²) in [7, 11) is 0. The largest absolute Gasteiger partial charge is 0.310 e. The Morgan fingerprint density at radius 3 is 2.77 bits per heavy atom. The first-order valence-corrected chi connectivity index (χ1v) is 11.3. The number of nitrogens with zero attached hydrogens (tertiary/aromatic N) is 4. The van der Waals surface area contributed by atoms with Gasteiger partial charge in [-0.25, -0.2) is 14.4 Å². The average Bonchev–Trinajstić information content (AvgIpc) is 3.27. The van der Waals surface area contributed by atoms with Crippen molar-refractivity contribution in [2.24, 2.45) is 11.8 Å². The van der Waals surface area contributed by atoms with E-state index >= 15 is 0 Å². The molecule has 0 aromatic carbocycles. The summed E-state index contributed by atoms with van der Waals surface area (Å²) < 4.78 is 13.0. The van der Waals surface area contributed by atoms with E-state index in [9.17, 15) is 9.18 Å². The molecule has 6 nitrogen and oxygen atoms in total. The van der Waals surface area contributed by atoms with Gasteiger partial charge in [0.15, 0.2) is 0 Å². The SMILES string of the molecule is O=C(Nc1cc2nc(-c3cncs3)ccc2cn1)C1CCC(CN2CC(F)C2)CC1. The summed E-state index contributed by atoms with van der Waals surface area (Å²) in [5.74, 6) is 1.17. The second kappa shape index (κ2) is 8.35. The number of likely N-dealkylation sites (tertiary alicyclic amines) is 1. The Hall–Kier alpha value is -2.45. The molecule has 156 valence electrons. The van der Waals surface area contributed by atoms with Crippen LogP contribution in [0.5, 0.6) is 0 Å². The maximum absolute atomic E-state index is 13.0. The van der Waals surface area contributed by atoms with E-state index in [1.54, 1.807) is 29.2 Å². The van der Waals surface area contributed by atoms with Crippen LogP contribution in [0.15, 0.2) is 36.1 Å². The Labute approximate surface area is 178 Å². The van der Waals surface area contributed by atoms with Crippen LogP contribution in [0.4, 0.5) is 10.2 Å². The van der Waals surface area contributed by atoms with Crippen molar-refractivity contribution in [3.8, 4) is 10.6 Å². The Morgan fingerprint density at radius 2 is 2.03 bits per heavy atom. The molecule has 0 radical (unpaired) electrons. The number of carbonyl (C=O) groups excluding carboxylic acids is 1. The summed E-state index contributed by atoms with van der Waals surface area (Å²) in [5.41, 5.74) is 3.46. The molecule has 30 heavy (non-hydrogen) atoms. The lowest BCUT2D eigenvalue weighted by atomic mass is 9.81. The molecule has 0 unspecified atom stereocenters. The minimum absolute atomic E-state index is 0.0144. The monoisotopic (exact) mass is 425 g/mol. The first kappa shape index (κ1) is 19.5. The van der Waals surface area contributed by atoms with E-state index in [0.29, 0.717) is 24.8 Å². The van der Waals surface area contributed by atoms with Crippen molar-refractivity contribution in [3.63, 3.8) is 0 Å². The highest BCUT2D eigenvalue weighted by atomic mass is 32.1. The van der Waals surface area contributed by atoms with Crippen molar-refractivity contribution >= 4 is 34.0 Å². The lowest BCUT2D eigenvalue weighted by molar-refractivity contribution is -0.121. The first-order chi connectivity index (χ1) is 14.6. The second-order valence-electron chi connectivity index (χ2n) is 8.35. The van der Waals surface area contributed by atoms with Gasteiger partial charge in [-0.2, -0.15) is 0 Å². The van der Waals surface area contributed by atoms with Crippen molar-refractivity contribution in [2.75, 3.05) is 25.0 Å². The summed E-state index contributed by atoms with van der Waals surface area (Å²) in [6, 6.07) is 5.78. The highest BCUT2D eigenvalue weighted by molar-refractivity contribution is 7.13. The molecule has 0 spiro atoms. The molecule has 3 aromatic rings. The number of fused-ring (bicyclic) bond motifs is 1. The van der Waals surface area contributed by atoms with Gasteiger partial charge in [-0.15, -0.1) is 11.3 Å². The van der Waals surface area contributed by atoms with Gasteiger partial charge in [-0.1, -0.05) is 0 Å². The molecule has 1 aliphatic carbocycles. The number of pyridine rings is 2. The molecular formula is C22H24FN5OS. The number of hydrogen-bond acceptors (Lipinski definition) is 6. The molecule has 2 aliphatic rings. The molecular weight excluding hydrogens is 401 g/mol. The minimum Gasteiger partial charge on any atom is -0.310 e. The van der Waals surface area contributed by atoms with Crippen molar-refractivity contribution in [2.45, 2.75) is 31.9 Å². The smallest absolute Gasteiger partial charge is 0.228 e. The summed E-state index contributed by atoms with van der Waals surface area (Å²) in [4.78, 5) is 29.2. The molecule has 1 aliphatic heterocycles. The molecule has 2 fully saturated rings. The third kappa shape index (κ3) is 4.20. The molecule has 4 heterocycles. The van der Waals surface area contributed by atoms with E-state index in [-0.39, 0.29) is 11.8 Å². The number of carbonyl (C=O) groups is 1. The van der Waals surface area contributed by atoms with Crippen LogP contribution in [0.3, 0.4) is 0 Å². The van der Waals surface area contributed by atoms with Crippen molar-refractivity contribution in [3.05, 3.63) is 36.1 Å². The predicted molar refractivity (Wildman–Crippen MR) is 116 cm³/mol. The van der Waals surface area contributed by atoms with Gasteiger partial charge in [0.2, 0.25) is 5.91 Å². The number of halogens is 1. The number of rotatable bonds is 5. The minimum atomic E-state index is -0.644. The van der Waals surface area contributed by atoms with Gasteiger partial charge in [-0.3, -0.25) is 14.7 Å². The number of aromatic nitrogens is 3. The molecule has 0 bridgehead atoms. The fourth-order valence-electron chi connectivity index (χ4n) is 4.42. The lowest BCUT2D eigenvalue weighted by Gasteiger charge is -2.38. The molecule has 1 saturated heterocycles. The number of alkyl halides is 1. The second-order valence-corrected chi connectivity index (χ2v) is 9.23. The van der Waals surface area contributed by atoms with Crippen LogP contribution in [0.1, 0.15) is 25.7 Å². The van der Waals surface area contributed by atoms with Gasteiger partial charge >= 0.3 is 0 Å². The van der Waals surface area contributed by atoms with Crippen molar-refractivity contribution < 1.29 is 9.18 Å². The van der Waals surface area contributed by atoms with Gasteiger partial charge in [0.05, 0.1) is 21.6 Å².